The summed E-state index contributed by atoms with van der Waals surface area (Å²) >= 11 is 0. The second-order valence-corrected chi connectivity index (χ2v) is 11.1. The lowest BCUT2D eigenvalue weighted by molar-refractivity contribution is 0.0652. The average Bonchev–Trinajstić information content (AvgIpc) is 3.23. The fraction of sp³-hybridized carbons (Fsp3) is 0.333. The summed E-state index contributed by atoms with van der Waals surface area (Å²) in [5, 5.41) is 21.6. The smallest absolute Gasteiger partial charge is 0.262 e. The number of carbonyl (C=O) groups is 2. The minimum Gasteiger partial charge on any atom is -0.508 e. The Balaban J connectivity index is 1.47. The topological polar surface area (TPSA) is 77.8 Å². The third kappa shape index (κ3) is 6.00. The number of benzene rings is 4. The molecule has 5 heteroatoms. The van der Waals surface area contributed by atoms with Crippen LogP contribution in [0.5, 0.6) is 11.5 Å². The van der Waals surface area contributed by atoms with Crippen molar-refractivity contribution in [3.63, 3.8) is 0 Å². The van der Waals surface area contributed by atoms with Crippen LogP contribution in [-0.4, -0.2) is 33.5 Å². The molecule has 0 aliphatic carbocycles. The molecule has 5 nitrogen and oxygen atoms in total. The zero-order chi connectivity index (χ0) is 28.8. The lowest BCUT2D eigenvalue weighted by atomic mass is 9.84. The molecular formula is C36H39NO4. The first kappa shape index (κ1) is 28.4. The number of hydrogen-bond acceptors (Lipinski definition) is 4. The van der Waals surface area contributed by atoms with Crippen molar-refractivity contribution in [3.05, 3.63) is 83.9 Å². The first-order valence-electron chi connectivity index (χ1n) is 15.0. The van der Waals surface area contributed by atoms with Crippen molar-refractivity contribution in [1.29, 1.82) is 0 Å². The second-order valence-electron chi connectivity index (χ2n) is 11.1. The van der Waals surface area contributed by atoms with Crippen molar-refractivity contribution in [2.24, 2.45) is 0 Å². The highest BCUT2D eigenvalue weighted by molar-refractivity contribution is 6.31. The molecule has 1 aliphatic heterocycles. The first-order valence-corrected chi connectivity index (χ1v) is 15.0. The van der Waals surface area contributed by atoms with E-state index >= 15 is 0 Å². The van der Waals surface area contributed by atoms with Crippen molar-refractivity contribution in [1.82, 2.24) is 4.90 Å². The van der Waals surface area contributed by atoms with E-state index in [1.165, 1.54) is 49.8 Å². The summed E-state index contributed by atoms with van der Waals surface area (Å²) in [6.07, 6.45) is 11.8. The van der Waals surface area contributed by atoms with E-state index in [4.69, 9.17) is 0 Å². The van der Waals surface area contributed by atoms with Crippen LogP contribution in [0.15, 0.2) is 72.8 Å². The van der Waals surface area contributed by atoms with Gasteiger partial charge >= 0.3 is 0 Å². The standard InChI is InChI=1S/C36H39NO4/c1-2-3-4-5-6-7-8-9-10-13-24-37-35(40)33-31(25-16-20-27(38)21-17-25)29-14-11-12-15-30(29)32(34(33)36(37)41)26-18-22-28(39)23-19-26/h11-12,14-23,38-39H,2-10,13,24H2,1H3. The minimum atomic E-state index is -0.269. The highest BCUT2D eigenvalue weighted by Gasteiger charge is 2.41. The molecule has 0 radical (unpaired) electrons. The molecule has 0 spiro atoms. The lowest BCUT2D eigenvalue weighted by Crippen LogP contribution is -2.30. The largest absolute Gasteiger partial charge is 0.508 e. The van der Waals surface area contributed by atoms with Gasteiger partial charge in [0.15, 0.2) is 0 Å². The van der Waals surface area contributed by atoms with Crippen molar-refractivity contribution >= 4 is 22.6 Å². The first-order chi connectivity index (χ1) is 20.0. The zero-order valence-electron chi connectivity index (χ0n) is 23.9. The molecule has 5 rings (SSSR count). The summed E-state index contributed by atoms with van der Waals surface area (Å²) in [4.78, 5) is 29.5. The van der Waals surface area contributed by atoms with Crippen LogP contribution in [0.2, 0.25) is 0 Å². The van der Waals surface area contributed by atoms with Gasteiger partial charge in [-0.25, -0.2) is 0 Å². The Morgan fingerprint density at radius 1 is 0.512 bits per heavy atom. The van der Waals surface area contributed by atoms with E-state index in [1.54, 1.807) is 48.5 Å². The van der Waals surface area contributed by atoms with E-state index in [0.717, 1.165) is 41.2 Å². The van der Waals surface area contributed by atoms with E-state index in [-0.39, 0.29) is 23.3 Å². The molecule has 41 heavy (non-hydrogen) atoms. The number of rotatable bonds is 13. The van der Waals surface area contributed by atoms with E-state index in [2.05, 4.69) is 6.92 Å². The van der Waals surface area contributed by atoms with Crippen LogP contribution in [0, 0.1) is 0 Å². The predicted molar refractivity (Wildman–Crippen MR) is 165 cm³/mol. The van der Waals surface area contributed by atoms with Gasteiger partial charge in [0, 0.05) is 17.7 Å². The van der Waals surface area contributed by atoms with E-state index < -0.39 is 0 Å². The highest BCUT2D eigenvalue weighted by atomic mass is 16.3. The van der Waals surface area contributed by atoms with E-state index in [9.17, 15) is 19.8 Å². The van der Waals surface area contributed by atoms with Crippen molar-refractivity contribution in [2.45, 2.75) is 71.1 Å². The van der Waals surface area contributed by atoms with Crippen LogP contribution >= 0.6 is 0 Å². The predicted octanol–water partition coefficient (Wildman–Crippen LogP) is 9.10. The van der Waals surface area contributed by atoms with Gasteiger partial charge in [-0.2, -0.15) is 0 Å². The Bertz CT molecular complexity index is 1420. The van der Waals surface area contributed by atoms with Crippen molar-refractivity contribution in [3.8, 4) is 33.8 Å². The van der Waals surface area contributed by atoms with Gasteiger partial charge in [0.1, 0.15) is 11.5 Å². The number of unbranched alkanes of at least 4 members (excludes halogenated alkanes) is 9. The number of phenolic OH excluding ortho intramolecular Hbond substituents is 2. The Morgan fingerprint density at radius 2 is 0.902 bits per heavy atom. The molecular weight excluding hydrogens is 510 g/mol. The molecule has 0 bridgehead atoms. The second kappa shape index (κ2) is 13.0. The summed E-state index contributed by atoms with van der Waals surface area (Å²) in [7, 11) is 0. The number of fused-ring (bicyclic) bond motifs is 2. The molecule has 2 N–H and O–H groups in total. The Labute approximate surface area is 242 Å². The van der Waals surface area contributed by atoms with Gasteiger partial charge < -0.3 is 10.2 Å². The van der Waals surface area contributed by atoms with Crippen LogP contribution in [0.1, 0.15) is 91.8 Å². The molecule has 0 saturated heterocycles. The van der Waals surface area contributed by atoms with Crippen LogP contribution < -0.4 is 0 Å². The third-order valence-electron chi connectivity index (χ3n) is 8.18. The summed E-state index contributed by atoms with van der Waals surface area (Å²) < 4.78 is 0. The van der Waals surface area contributed by atoms with Gasteiger partial charge in [-0.05, 0) is 52.6 Å². The molecule has 0 saturated carbocycles. The van der Waals surface area contributed by atoms with E-state index in [0.29, 0.717) is 28.8 Å². The highest BCUT2D eigenvalue weighted by Crippen LogP contribution is 2.46. The monoisotopic (exact) mass is 549 g/mol. The molecule has 4 aromatic carbocycles. The Morgan fingerprint density at radius 3 is 1.32 bits per heavy atom. The maximum atomic E-state index is 14.1. The maximum Gasteiger partial charge on any atom is 0.262 e. The Hall–Kier alpha value is -4.12. The maximum absolute atomic E-state index is 14.1. The molecule has 212 valence electrons. The number of hydrogen-bond donors (Lipinski definition) is 2. The molecule has 1 aliphatic rings. The molecule has 0 fully saturated rings. The van der Waals surface area contributed by atoms with Crippen LogP contribution in [0.4, 0.5) is 0 Å². The number of carbonyl (C=O) groups excluding carboxylic acids is 2. The van der Waals surface area contributed by atoms with Crippen LogP contribution in [-0.2, 0) is 0 Å². The normalized spacial score (nSPS) is 12.9. The molecule has 4 aromatic rings. The van der Waals surface area contributed by atoms with Crippen molar-refractivity contribution < 1.29 is 19.8 Å². The SMILES string of the molecule is CCCCCCCCCCCCN1C(=O)c2c(c(-c3ccc(O)cc3)c3ccccc3c2-c2ccc(O)cc2)C1=O. The quantitative estimate of drug-likeness (QED) is 0.129. The molecule has 0 aromatic heterocycles. The number of aromatic hydroxyl groups is 2. The van der Waals surface area contributed by atoms with Gasteiger partial charge in [0.2, 0.25) is 0 Å². The van der Waals surface area contributed by atoms with Gasteiger partial charge in [-0.3, -0.25) is 14.5 Å². The van der Waals surface area contributed by atoms with Crippen LogP contribution in [0.25, 0.3) is 33.0 Å². The molecule has 1 heterocycles. The van der Waals surface area contributed by atoms with Crippen molar-refractivity contribution in [2.75, 3.05) is 6.54 Å². The molecule has 0 unspecified atom stereocenters. The van der Waals surface area contributed by atoms with Gasteiger partial charge in [-0.15, -0.1) is 0 Å². The zero-order valence-corrected chi connectivity index (χ0v) is 23.9. The minimum absolute atomic E-state index is 0.139. The fourth-order valence-electron chi connectivity index (χ4n) is 6.04. The third-order valence-corrected chi connectivity index (χ3v) is 8.18. The lowest BCUT2D eigenvalue weighted by Gasteiger charge is -2.17. The summed E-state index contributed by atoms with van der Waals surface area (Å²) in [6, 6.07) is 21.4. The van der Waals surface area contributed by atoms with Gasteiger partial charge in [-0.1, -0.05) is 113 Å². The summed E-state index contributed by atoms with van der Waals surface area (Å²) in [5.41, 5.74) is 3.79. The number of phenols is 2. The van der Waals surface area contributed by atoms with Gasteiger partial charge in [0.05, 0.1) is 11.1 Å². The molecule has 0 atom stereocenters. The van der Waals surface area contributed by atoms with E-state index in [1.807, 2.05) is 24.3 Å². The number of nitrogens with zero attached hydrogens (tertiary/aromatic N) is 1. The summed E-state index contributed by atoms with van der Waals surface area (Å²) in [6.45, 7) is 2.63. The fourth-order valence-corrected chi connectivity index (χ4v) is 6.04. The number of imide groups is 1. The summed E-state index contributed by atoms with van der Waals surface area (Å²) in [5.74, 6) is -0.259. The molecule has 2 amide bonds. The van der Waals surface area contributed by atoms with Gasteiger partial charge in [0.25, 0.3) is 11.8 Å². The Kier molecular flexibility index (Phi) is 9.03. The number of amides is 2. The average molecular weight is 550 g/mol. The van der Waals surface area contributed by atoms with Crippen LogP contribution in [0.3, 0.4) is 0 Å².